The Morgan fingerprint density at radius 1 is 1.10 bits per heavy atom. The predicted octanol–water partition coefficient (Wildman–Crippen LogP) is 4.10. The van der Waals surface area contributed by atoms with E-state index in [-0.39, 0.29) is 18.2 Å². The van der Waals surface area contributed by atoms with Crippen LogP contribution >= 0.6 is 0 Å². The number of carbonyl (C=O) groups is 1. The molecule has 0 amide bonds. The first-order valence-corrected chi connectivity index (χ1v) is 8.40. The van der Waals surface area contributed by atoms with Gasteiger partial charge >= 0.3 is 12.6 Å². The molecular weight excluding hydrogens is 386 g/mol. The molecule has 150 valence electrons. The molecule has 7 nitrogen and oxygen atoms in total. The number of rotatable bonds is 8. The number of benzene rings is 2. The number of ether oxygens (including phenoxy) is 3. The van der Waals surface area contributed by atoms with Gasteiger partial charge in [-0.25, -0.2) is 4.79 Å². The highest BCUT2D eigenvalue weighted by molar-refractivity contribution is 5.87. The van der Waals surface area contributed by atoms with Crippen LogP contribution in [0.25, 0.3) is 17.5 Å². The van der Waals surface area contributed by atoms with Gasteiger partial charge in [-0.1, -0.05) is 17.3 Å². The third kappa shape index (κ3) is 5.86. The number of hydrogen-bond acceptors (Lipinski definition) is 7. The molecule has 0 saturated carbocycles. The molecule has 0 fully saturated rings. The number of nitrogens with zero attached hydrogens (tertiary/aromatic N) is 2. The summed E-state index contributed by atoms with van der Waals surface area (Å²) in [4.78, 5) is 16.0. The molecule has 1 aromatic heterocycles. The molecule has 0 aliphatic rings. The first-order valence-electron chi connectivity index (χ1n) is 8.40. The van der Waals surface area contributed by atoms with E-state index in [9.17, 15) is 13.6 Å². The molecule has 0 atom stereocenters. The number of esters is 1. The van der Waals surface area contributed by atoms with Gasteiger partial charge in [-0.3, -0.25) is 0 Å². The summed E-state index contributed by atoms with van der Waals surface area (Å²) in [7, 11) is 1.57. The number of aromatic nitrogens is 2. The predicted molar refractivity (Wildman–Crippen MR) is 98.2 cm³/mol. The number of halogens is 2. The average molecular weight is 402 g/mol. The van der Waals surface area contributed by atoms with Crippen LogP contribution in [0.15, 0.2) is 59.1 Å². The summed E-state index contributed by atoms with van der Waals surface area (Å²) >= 11 is 0. The van der Waals surface area contributed by atoms with Crippen molar-refractivity contribution in [1.82, 2.24) is 10.1 Å². The van der Waals surface area contributed by atoms with E-state index in [1.54, 1.807) is 31.4 Å². The third-order valence-electron chi connectivity index (χ3n) is 3.67. The lowest BCUT2D eigenvalue weighted by molar-refractivity contribution is -0.139. The molecule has 0 spiro atoms. The van der Waals surface area contributed by atoms with E-state index in [0.29, 0.717) is 17.1 Å². The molecule has 0 radical (unpaired) electrons. The van der Waals surface area contributed by atoms with Gasteiger partial charge in [0, 0.05) is 11.6 Å². The second-order valence-corrected chi connectivity index (χ2v) is 5.63. The highest BCUT2D eigenvalue weighted by atomic mass is 19.3. The van der Waals surface area contributed by atoms with Gasteiger partial charge in [-0.05, 0) is 48.0 Å². The van der Waals surface area contributed by atoms with Crippen molar-refractivity contribution >= 4 is 12.0 Å². The van der Waals surface area contributed by atoms with Gasteiger partial charge in [0.2, 0.25) is 5.82 Å². The second kappa shape index (κ2) is 9.45. The lowest BCUT2D eigenvalue weighted by Gasteiger charge is -2.03. The van der Waals surface area contributed by atoms with Gasteiger partial charge in [-0.2, -0.15) is 13.8 Å². The molecule has 3 rings (SSSR count). The zero-order valence-corrected chi connectivity index (χ0v) is 15.2. The standard InChI is InChI=1S/C20H16F2N2O5/c1-26-15-9-5-14(6-10-15)19-23-17(29-24-19)12-27-18(25)11-4-13-2-7-16(8-3-13)28-20(21)22/h2-11,20H,12H2,1H3/b11-4+. The SMILES string of the molecule is COc1ccc(-c2noc(COC(=O)/C=C/c3ccc(OC(F)F)cc3)n2)cc1. The average Bonchev–Trinajstić information content (AvgIpc) is 3.20. The van der Waals surface area contributed by atoms with Crippen LogP contribution in [0.4, 0.5) is 8.78 Å². The molecular formula is C20H16F2N2O5. The Morgan fingerprint density at radius 3 is 2.45 bits per heavy atom. The van der Waals surface area contributed by atoms with E-state index < -0.39 is 12.6 Å². The van der Waals surface area contributed by atoms with Crippen LogP contribution in [-0.4, -0.2) is 29.8 Å². The molecule has 1 heterocycles. The second-order valence-electron chi connectivity index (χ2n) is 5.63. The molecule has 0 aliphatic heterocycles. The van der Waals surface area contributed by atoms with Crippen molar-refractivity contribution in [2.45, 2.75) is 13.2 Å². The number of methoxy groups -OCH3 is 1. The maximum Gasteiger partial charge on any atom is 0.387 e. The highest BCUT2D eigenvalue weighted by Crippen LogP contribution is 2.20. The molecule has 0 bridgehead atoms. The number of hydrogen-bond donors (Lipinski definition) is 0. The van der Waals surface area contributed by atoms with Gasteiger partial charge in [-0.15, -0.1) is 0 Å². The zero-order chi connectivity index (χ0) is 20.6. The van der Waals surface area contributed by atoms with Gasteiger partial charge in [0.1, 0.15) is 11.5 Å². The van der Waals surface area contributed by atoms with Crippen molar-refractivity contribution in [2.75, 3.05) is 7.11 Å². The topological polar surface area (TPSA) is 83.7 Å². The monoisotopic (exact) mass is 402 g/mol. The Balaban J connectivity index is 1.51. The fraction of sp³-hybridized carbons (Fsp3) is 0.150. The van der Waals surface area contributed by atoms with E-state index in [4.69, 9.17) is 14.0 Å². The molecule has 0 saturated heterocycles. The van der Waals surface area contributed by atoms with Gasteiger partial charge in [0.15, 0.2) is 6.61 Å². The Morgan fingerprint density at radius 2 is 1.79 bits per heavy atom. The van der Waals surface area contributed by atoms with Crippen molar-refractivity contribution in [3.8, 4) is 22.9 Å². The summed E-state index contributed by atoms with van der Waals surface area (Å²) in [5, 5.41) is 3.84. The highest BCUT2D eigenvalue weighted by Gasteiger charge is 2.10. The van der Waals surface area contributed by atoms with Crippen molar-refractivity contribution in [1.29, 1.82) is 0 Å². The smallest absolute Gasteiger partial charge is 0.387 e. The Kier molecular flexibility index (Phi) is 6.51. The fourth-order valence-corrected chi connectivity index (χ4v) is 2.28. The molecule has 9 heteroatoms. The van der Waals surface area contributed by atoms with Crippen LogP contribution in [-0.2, 0) is 16.1 Å². The van der Waals surface area contributed by atoms with E-state index >= 15 is 0 Å². The Bertz CT molecular complexity index is 969. The third-order valence-corrected chi connectivity index (χ3v) is 3.67. The molecule has 0 unspecified atom stereocenters. The van der Waals surface area contributed by atoms with Crippen molar-refractivity contribution in [2.24, 2.45) is 0 Å². The van der Waals surface area contributed by atoms with E-state index in [1.165, 1.54) is 36.4 Å². The van der Waals surface area contributed by atoms with Crippen molar-refractivity contribution in [3.63, 3.8) is 0 Å². The summed E-state index contributed by atoms with van der Waals surface area (Å²) in [6, 6.07) is 12.9. The summed E-state index contributed by atoms with van der Waals surface area (Å²) in [6.45, 7) is -3.07. The fourth-order valence-electron chi connectivity index (χ4n) is 2.28. The Hall–Kier alpha value is -3.75. The van der Waals surface area contributed by atoms with Crippen LogP contribution in [0.2, 0.25) is 0 Å². The number of alkyl halides is 2. The Labute approximate surface area is 164 Å². The molecule has 3 aromatic rings. The maximum atomic E-state index is 12.1. The molecule has 0 aliphatic carbocycles. The largest absolute Gasteiger partial charge is 0.497 e. The minimum Gasteiger partial charge on any atom is -0.497 e. The van der Waals surface area contributed by atoms with Crippen LogP contribution in [0.3, 0.4) is 0 Å². The van der Waals surface area contributed by atoms with Crippen LogP contribution < -0.4 is 9.47 Å². The van der Waals surface area contributed by atoms with Crippen molar-refractivity contribution in [3.05, 3.63) is 66.1 Å². The quantitative estimate of drug-likeness (QED) is 0.414. The molecule has 29 heavy (non-hydrogen) atoms. The van der Waals surface area contributed by atoms with Crippen LogP contribution in [0.5, 0.6) is 11.5 Å². The van der Waals surface area contributed by atoms with Gasteiger partial charge in [0.25, 0.3) is 5.89 Å². The maximum absolute atomic E-state index is 12.1. The van der Waals surface area contributed by atoms with Crippen LogP contribution in [0.1, 0.15) is 11.5 Å². The van der Waals surface area contributed by atoms with E-state index in [2.05, 4.69) is 14.9 Å². The summed E-state index contributed by atoms with van der Waals surface area (Å²) in [5.74, 6) is 0.617. The first kappa shape index (κ1) is 20.0. The zero-order valence-electron chi connectivity index (χ0n) is 15.2. The van der Waals surface area contributed by atoms with Gasteiger partial charge < -0.3 is 18.7 Å². The minimum atomic E-state index is -2.89. The van der Waals surface area contributed by atoms with E-state index in [1.807, 2.05) is 0 Å². The summed E-state index contributed by atoms with van der Waals surface area (Å²) in [6.07, 6.45) is 2.68. The summed E-state index contributed by atoms with van der Waals surface area (Å²) in [5.41, 5.74) is 1.34. The number of carbonyl (C=O) groups excluding carboxylic acids is 1. The van der Waals surface area contributed by atoms with Gasteiger partial charge in [0.05, 0.1) is 7.11 Å². The summed E-state index contributed by atoms with van der Waals surface area (Å²) < 4.78 is 43.7. The van der Waals surface area contributed by atoms with Crippen LogP contribution in [0, 0.1) is 0 Å². The lowest BCUT2D eigenvalue weighted by Crippen LogP contribution is -2.01. The lowest BCUT2D eigenvalue weighted by atomic mass is 10.2. The molecule has 0 N–H and O–H groups in total. The first-order chi connectivity index (χ1) is 14.0. The minimum absolute atomic E-state index is 0.0313. The van der Waals surface area contributed by atoms with E-state index in [0.717, 1.165) is 5.56 Å². The van der Waals surface area contributed by atoms with Crippen molar-refractivity contribution < 1.29 is 32.3 Å². The normalized spacial score (nSPS) is 11.0. The molecule has 2 aromatic carbocycles.